The summed E-state index contributed by atoms with van der Waals surface area (Å²) in [6.45, 7) is 0. The lowest BCUT2D eigenvalue weighted by atomic mass is 9.93. The molecule has 0 unspecified atom stereocenters. The number of benzene rings is 9. The number of para-hydroxylation sites is 1. The van der Waals surface area contributed by atoms with Gasteiger partial charge in [-0.15, -0.1) is 0 Å². The fraction of sp³-hybridized carbons (Fsp3) is 0. The van der Waals surface area contributed by atoms with E-state index in [4.69, 9.17) is 4.42 Å². The summed E-state index contributed by atoms with van der Waals surface area (Å²) in [6.07, 6.45) is 0. The number of anilines is 3. The average molecular weight is 690 g/mol. The molecule has 0 saturated heterocycles. The molecule has 10 rings (SSSR count). The van der Waals surface area contributed by atoms with E-state index >= 15 is 0 Å². The van der Waals surface area contributed by atoms with Gasteiger partial charge in [-0.1, -0.05) is 146 Å². The van der Waals surface area contributed by atoms with Crippen molar-refractivity contribution >= 4 is 49.8 Å². The van der Waals surface area contributed by atoms with Crippen LogP contribution in [0.4, 0.5) is 17.1 Å². The zero-order valence-corrected chi connectivity index (χ0v) is 29.6. The van der Waals surface area contributed by atoms with Gasteiger partial charge in [0.15, 0.2) is 0 Å². The van der Waals surface area contributed by atoms with Gasteiger partial charge in [-0.05, 0) is 116 Å². The summed E-state index contributed by atoms with van der Waals surface area (Å²) in [5.74, 6) is 0. The molecule has 0 spiro atoms. The maximum absolute atomic E-state index is 6.40. The fourth-order valence-corrected chi connectivity index (χ4v) is 7.78. The quantitative estimate of drug-likeness (QED) is 0.166. The van der Waals surface area contributed by atoms with Crippen LogP contribution in [-0.2, 0) is 0 Å². The van der Waals surface area contributed by atoms with E-state index in [9.17, 15) is 0 Å². The van der Waals surface area contributed by atoms with Crippen LogP contribution in [0.15, 0.2) is 217 Å². The normalized spacial score (nSPS) is 11.3. The molecule has 0 aliphatic heterocycles. The molecule has 0 bridgehead atoms. The van der Waals surface area contributed by atoms with Crippen molar-refractivity contribution in [2.45, 2.75) is 0 Å². The van der Waals surface area contributed by atoms with Crippen molar-refractivity contribution < 1.29 is 4.42 Å². The predicted octanol–water partition coefficient (Wildman–Crippen LogP) is 14.9. The number of hydrogen-bond acceptors (Lipinski definition) is 2. The third-order valence-corrected chi connectivity index (χ3v) is 10.4. The molecular formula is C52H35NO. The van der Waals surface area contributed by atoms with Gasteiger partial charge in [0, 0.05) is 33.9 Å². The molecule has 2 nitrogen and oxygen atoms in total. The lowest BCUT2D eigenvalue weighted by Crippen LogP contribution is -2.10. The molecule has 0 atom stereocenters. The van der Waals surface area contributed by atoms with Crippen LogP contribution in [0.3, 0.4) is 0 Å². The second kappa shape index (κ2) is 13.4. The zero-order chi connectivity index (χ0) is 35.8. The number of hydrogen-bond donors (Lipinski definition) is 0. The molecule has 0 fully saturated rings. The summed E-state index contributed by atoms with van der Waals surface area (Å²) in [4.78, 5) is 2.33. The summed E-state index contributed by atoms with van der Waals surface area (Å²) >= 11 is 0. The van der Waals surface area contributed by atoms with Crippen molar-refractivity contribution in [3.8, 4) is 44.5 Å². The first-order valence-corrected chi connectivity index (χ1v) is 18.4. The largest absolute Gasteiger partial charge is 0.456 e. The SMILES string of the molecule is c1ccc(-c2cc(-c3ccccc3)cc(-c3ccc(N(c4cccc(-c5cccc6ccccc56)c4)c4ccc5c(c4)oc4ccccc45)cc3)c2)cc1. The zero-order valence-electron chi connectivity index (χ0n) is 29.6. The highest BCUT2D eigenvalue weighted by molar-refractivity contribution is 6.06. The maximum atomic E-state index is 6.40. The van der Waals surface area contributed by atoms with Gasteiger partial charge in [0.25, 0.3) is 0 Å². The molecule has 0 aliphatic carbocycles. The molecule has 54 heavy (non-hydrogen) atoms. The van der Waals surface area contributed by atoms with Crippen molar-refractivity contribution in [3.05, 3.63) is 212 Å². The van der Waals surface area contributed by atoms with E-state index in [0.29, 0.717) is 0 Å². The van der Waals surface area contributed by atoms with Gasteiger partial charge in [0.05, 0.1) is 0 Å². The first-order chi connectivity index (χ1) is 26.7. The van der Waals surface area contributed by atoms with Crippen molar-refractivity contribution in [1.82, 2.24) is 0 Å². The Balaban J connectivity index is 1.11. The molecule has 254 valence electrons. The number of fused-ring (bicyclic) bond motifs is 4. The van der Waals surface area contributed by atoms with Gasteiger partial charge in [-0.25, -0.2) is 0 Å². The van der Waals surface area contributed by atoms with E-state index in [0.717, 1.165) is 44.6 Å². The Morgan fingerprint density at radius 3 is 1.52 bits per heavy atom. The predicted molar refractivity (Wildman–Crippen MR) is 228 cm³/mol. The van der Waals surface area contributed by atoms with Gasteiger partial charge >= 0.3 is 0 Å². The summed E-state index contributed by atoms with van der Waals surface area (Å²) in [5.41, 5.74) is 14.4. The van der Waals surface area contributed by atoms with Gasteiger partial charge in [0.1, 0.15) is 11.2 Å². The van der Waals surface area contributed by atoms with Crippen LogP contribution in [-0.4, -0.2) is 0 Å². The molecule has 10 aromatic rings. The summed E-state index contributed by atoms with van der Waals surface area (Å²) in [5, 5.41) is 4.71. The average Bonchev–Trinajstić information content (AvgIpc) is 3.62. The molecule has 1 aromatic heterocycles. The van der Waals surface area contributed by atoms with Gasteiger partial charge in [-0.3, -0.25) is 0 Å². The highest BCUT2D eigenvalue weighted by Gasteiger charge is 2.17. The Kier molecular flexibility index (Phi) is 7.85. The van der Waals surface area contributed by atoms with Crippen molar-refractivity contribution in [2.24, 2.45) is 0 Å². The molecule has 0 N–H and O–H groups in total. The first kappa shape index (κ1) is 31.6. The molecule has 0 amide bonds. The van der Waals surface area contributed by atoms with Gasteiger partial charge in [0.2, 0.25) is 0 Å². The van der Waals surface area contributed by atoms with Crippen LogP contribution in [0.5, 0.6) is 0 Å². The van der Waals surface area contributed by atoms with E-state index < -0.39 is 0 Å². The smallest absolute Gasteiger partial charge is 0.137 e. The first-order valence-electron chi connectivity index (χ1n) is 18.4. The maximum Gasteiger partial charge on any atom is 0.137 e. The van der Waals surface area contributed by atoms with E-state index in [1.54, 1.807) is 0 Å². The molecule has 2 heteroatoms. The van der Waals surface area contributed by atoms with E-state index in [-0.39, 0.29) is 0 Å². The molecular weight excluding hydrogens is 655 g/mol. The van der Waals surface area contributed by atoms with Crippen LogP contribution in [0.1, 0.15) is 0 Å². The summed E-state index contributed by atoms with van der Waals surface area (Å²) < 4.78 is 6.40. The van der Waals surface area contributed by atoms with Crippen LogP contribution in [0, 0.1) is 0 Å². The minimum atomic E-state index is 0.867. The van der Waals surface area contributed by atoms with Crippen LogP contribution in [0.2, 0.25) is 0 Å². The Morgan fingerprint density at radius 2 is 0.796 bits per heavy atom. The highest BCUT2D eigenvalue weighted by Crippen LogP contribution is 2.41. The van der Waals surface area contributed by atoms with E-state index in [2.05, 4.69) is 205 Å². The Bertz CT molecular complexity index is 2860. The van der Waals surface area contributed by atoms with Crippen molar-refractivity contribution in [3.63, 3.8) is 0 Å². The number of nitrogens with zero attached hydrogens (tertiary/aromatic N) is 1. The summed E-state index contributed by atoms with van der Waals surface area (Å²) in [6, 6.07) is 76.0. The van der Waals surface area contributed by atoms with Gasteiger partial charge in [-0.2, -0.15) is 0 Å². The van der Waals surface area contributed by atoms with E-state index in [1.165, 1.54) is 49.7 Å². The van der Waals surface area contributed by atoms with Crippen LogP contribution < -0.4 is 4.90 Å². The fourth-order valence-electron chi connectivity index (χ4n) is 7.78. The lowest BCUT2D eigenvalue weighted by Gasteiger charge is -2.26. The number of rotatable bonds is 7. The number of furan rings is 1. The molecule has 0 aliphatic rings. The molecule has 0 radical (unpaired) electrons. The van der Waals surface area contributed by atoms with Crippen LogP contribution in [0.25, 0.3) is 77.2 Å². The third kappa shape index (κ3) is 5.81. The van der Waals surface area contributed by atoms with Gasteiger partial charge < -0.3 is 9.32 Å². The molecule has 9 aromatic carbocycles. The lowest BCUT2D eigenvalue weighted by molar-refractivity contribution is 0.669. The molecule has 0 saturated carbocycles. The van der Waals surface area contributed by atoms with Crippen molar-refractivity contribution in [2.75, 3.05) is 4.90 Å². The standard InChI is InChI=1S/C52H35NO/c1-3-13-36(14-4-1)41-31-42(37-15-5-2-6-16-37)33-43(32-41)38-25-27-44(28-26-38)53(46-29-30-50-49-22-9-10-24-51(49)54-52(50)35-46)45-20-11-19-40(34-45)48-23-12-18-39-17-7-8-21-47(39)48/h1-35H. The van der Waals surface area contributed by atoms with Crippen LogP contribution >= 0.6 is 0 Å². The Labute approximate surface area is 314 Å². The second-order valence-electron chi connectivity index (χ2n) is 13.8. The third-order valence-electron chi connectivity index (χ3n) is 10.4. The monoisotopic (exact) mass is 689 g/mol. The Morgan fingerprint density at radius 1 is 0.278 bits per heavy atom. The molecule has 1 heterocycles. The highest BCUT2D eigenvalue weighted by atomic mass is 16.3. The van der Waals surface area contributed by atoms with E-state index in [1.807, 2.05) is 12.1 Å². The second-order valence-corrected chi connectivity index (χ2v) is 13.8. The van der Waals surface area contributed by atoms with Crippen molar-refractivity contribution in [1.29, 1.82) is 0 Å². The summed E-state index contributed by atoms with van der Waals surface area (Å²) in [7, 11) is 0. The minimum Gasteiger partial charge on any atom is -0.456 e. The minimum absolute atomic E-state index is 0.867. The topological polar surface area (TPSA) is 16.4 Å². The Hall–Kier alpha value is -7.16.